The Bertz CT molecular complexity index is 568. The van der Waals surface area contributed by atoms with Crippen molar-refractivity contribution in [2.45, 2.75) is 36.6 Å². The largest absolute Gasteiger partial charge is 0.381 e. The minimum atomic E-state index is -3.48. The number of hydrogen-bond acceptors (Lipinski definition) is 3. The molecule has 0 saturated carbocycles. The molecule has 0 amide bonds. The van der Waals surface area contributed by atoms with Gasteiger partial charge in [-0.2, -0.15) is 4.31 Å². The Labute approximate surface area is 125 Å². The maximum Gasteiger partial charge on any atom is 0.243 e. The van der Waals surface area contributed by atoms with Crippen molar-refractivity contribution in [1.29, 1.82) is 0 Å². The molecule has 0 radical (unpaired) electrons. The van der Waals surface area contributed by atoms with Gasteiger partial charge in [0.1, 0.15) is 0 Å². The number of benzene rings is 1. The zero-order valence-electron chi connectivity index (χ0n) is 11.8. The monoisotopic (exact) mass is 317 g/mol. The van der Waals surface area contributed by atoms with E-state index in [1.807, 2.05) is 13.0 Å². The van der Waals surface area contributed by atoms with Crippen molar-refractivity contribution in [3.05, 3.63) is 29.3 Å². The number of halogens is 1. The van der Waals surface area contributed by atoms with Crippen LogP contribution in [0.2, 0.25) is 0 Å². The van der Waals surface area contributed by atoms with Crippen molar-refractivity contribution in [2.24, 2.45) is 0 Å². The minimum absolute atomic E-state index is 0.00723. The van der Waals surface area contributed by atoms with Gasteiger partial charge in [0.05, 0.1) is 4.90 Å². The van der Waals surface area contributed by atoms with Crippen LogP contribution in [0.1, 0.15) is 24.0 Å². The average molecular weight is 318 g/mol. The number of ether oxygens (including phenoxy) is 1. The number of sulfonamides is 1. The van der Waals surface area contributed by atoms with Gasteiger partial charge in [-0.3, -0.25) is 0 Å². The van der Waals surface area contributed by atoms with E-state index in [1.165, 1.54) is 4.31 Å². The summed E-state index contributed by atoms with van der Waals surface area (Å²) in [5, 5.41) is 0. The average Bonchev–Trinajstić information content (AvgIpc) is 2.47. The highest BCUT2D eigenvalue weighted by Gasteiger charge is 2.30. The molecule has 6 heteroatoms. The molecule has 1 aromatic rings. The van der Waals surface area contributed by atoms with E-state index in [2.05, 4.69) is 0 Å². The van der Waals surface area contributed by atoms with Crippen molar-refractivity contribution < 1.29 is 13.2 Å². The second-order valence-electron chi connectivity index (χ2n) is 5.04. The van der Waals surface area contributed by atoms with Crippen LogP contribution in [0.3, 0.4) is 0 Å². The number of rotatable bonds is 4. The third kappa shape index (κ3) is 3.01. The number of hydrogen-bond donors (Lipinski definition) is 0. The molecular weight excluding hydrogens is 298 g/mol. The van der Waals surface area contributed by atoms with E-state index < -0.39 is 10.0 Å². The topological polar surface area (TPSA) is 46.6 Å². The summed E-state index contributed by atoms with van der Waals surface area (Å²) < 4.78 is 32.3. The van der Waals surface area contributed by atoms with Gasteiger partial charge in [0, 0.05) is 32.2 Å². The molecule has 0 bridgehead atoms. The normalized spacial score (nSPS) is 17.6. The molecule has 1 fully saturated rings. The van der Waals surface area contributed by atoms with Gasteiger partial charge in [-0.1, -0.05) is 12.1 Å². The van der Waals surface area contributed by atoms with Gasteiger partial charge in [-0.25, -0.2) is 8.42 Å². The lowest BCUT2D eigenvalue weighted by Crippen LogP contribution is -2.40. The van der Waals surface area contributed by atoms with Gasteiger partial charge in [0.25, 0.3) is 0 Å². The fourth-order valence-corrected chi connectivity index (χ4v) is 4.46. The van der Waals surface area contributed by atoms with Crippen LogP contribution in [-0.4, -0.2) is 39.0 Å². The molecule has 1 aliphatic rings. The summed E-state index contributed by atoms with van der Waals surface area (Å²) in [7, 11) is -1.83. The van der Waals surface area contributed by atoms with E-state index in [9.17, 15) is 8.42 Å². The fourth-order valence-electron chi connectivity index (χ4n) is 2.48. The van der Waals surface area contributed by atoms with Gasteiger partial charge in [0.15, 0.2) is 0 Å². The summed E-state index contributed by atoms with van der Waals surface area (Å²) >= 11 is 5.86. The van der Waals surface area contributed by atoms with E-state index in [0.29, 0.717) is 24.0 Å². The van der Waals surface area contributed by atoms with E-state index in [-0.39, 0.29) is 6.04 Å². The molecule has 0 N–H and O–H groups in total. The molecule has 0 atom stereocenters. The van der Waals surface area contributed by atoms with Crippen LogP contribution in [0.25, 0.3) is 0 Å². The Balaban J connectivity index is 2.34. The molecule has 0 spiro atoms. The molecular formula is C14H20ClNO3S. The Morgan fingerprint density at radius 1 is 1.35 bits per heavy atom. The molecule has 0 aromatic heterocycles. The summed E-state index contributed by atoms with van der Waals surface area (Å²) in [6.45, 7) is 3.04. The van der Waals surface area contributed by atoms with Crippen molar-refractivity contribution >= 4 is 21.6 Å². The van der Waals surface area contributed by atoms with Gasteiger partial charge < -0.3 is 4.74 Å². The van der Waals surface area contributed by atoms with Gasteiger partial charge in [-0.15, -0.1) is 11.6 Å². The molecule has 0 aliphatic carbocycles. The molecule has 4 nitrogen and oxygen atoms in total. The summed E-state index contributed by atoms with van der Waals surface area (Å²) in [4.78, 5) is 0.352. The zero-order valence-corrected chi connectivity index (χ0v) is 13.4. The first-order valence-electron chi connectivity index (χ1n) is 6.68. The predicted octanol–water partition coefficient (Wildman–Crippen LogP) is 2.53. The SMILES string of the molecule is Cc1c(CCl)cccc1S(=O)(=O)N(C)C1CCOCC1. The van der Waals surface area contributed by atoms with E-state index >= 15 is 0 Å². The van der Waals surface area contributed by atoms with Crippen LogP contribution in [0.4, 0.5) is 0 Å². The maximum absolute atomic E-state index is 12.8. The highest BCUT2D eigenvalue weighted by molar-refractivity contribution is 7.89. The minimum Gasteiger partial charge on any atom is -0.381 e. The maximum atomic E-state index is 12.8. The molecule has 112 valence electrons. The first kappa shape index (κ1) is 15.8. The molecule has 2 rings (SSSR count). The van der Waals surface area contributed by atoms with Crippen LogP contribution < -0.4 is 0 Å². The first-order chi connectivity index (χ1) is 9.48. The molecule has 0 unspecified atom stereocenters. The van der Waals surface area contributed by atoms with Crippen molar-refractivity contribution in [3.8, 4) is 0 Å². The van der Waals surface area contributed by atoms with Crippen LogP contribution in [0, 0.1) is 6.92 Å². The highest BCUT2D eigenvalue weighted by atomic mass is 35.5. The highest BCUT2D eigenvalue weighted by Crippen LogP contribution is 2.26. The number of nitrogens with zero attached hydrogens (tertiary/aromatic N) is 1. The summed E-state index contributed by atoms with van der Waals surface area (Å²) in [5.74, 6) is 0.316. The van der Waals surface area contributed by atoms with E-state index in [0.717, 1.165) is 24.0 Å². The van der Waals surface area contributed by atoms with Gasteiger partial charge >= 0.3 is 0 Å². The third-order valence-electron chi connectivity index (χ3n) is 3.90. The Hall–Kier alpha value is -0.620. The summed E-state index contributed by atoms with van der Waals surface area (Å²) in [6.07, 6.45) is 1.48. The molecule has 1 heterocycles. The standard InChI is InChI=1S/C14H20ClNO3S/c1-11-12(10-15)4-3-5-14(11)20(17,18)16(2)13-6-8-19-9-7-13/h3-5,13H,6-10H2,1-2H3. The third-order valence-corrected chi connectivity index (χ3v) is 6.24. The smallest absolute Gasteiger partial charge is 0.243 e. The lowest BCUT2D eigenvalue weighted by molar-refractivity contribution is 0.0632. The molecule has 1 saturated heterocycles. The fraction of sp³-hybridized carbons (Fsp3) is 0.571. The predicted molar refractivity (Wildman–Crippen MR) is 79.5 cm³/mol. The Morgan fingerprint density at radius 2 is 2.00 bits per heavy atom. The summed E-state index contributed by atoms with van der Waals surface area (Å²) in [5.41, 5.74) is 1.59. The van der Waals surface area contributed by atoms with Crippen molar-refractivity contribution in [2.75, 3.05) is 20.3 Å². The van der Waals surface area contributed by atoms with Crippen molar-refractivity contribution in [3.63, 3.8) is 0 Å². The number of alkyl halides is 1. The second-order valence-corrected chi connectivity index (χ2v) is 7.27. The van der Waals surface area contributed by atoms with E-state index in [1.54, 1.807) is 19.2 Å². The molecule has 1 aliphatic heterocycles. The van der Waals surface area contributed by atoms with Gasteiger partial charge in [-0.05, 0) is 37.0 Å². The lowest BCUT2D eigenvalue weighted by atomic mass is 10.1. The zero-order chi connectivity index (χ0) is 14.8. The van der Waals surface area contributed by atoms with Crippen LogP contribution >= 0.6 is 11.6 Å². The van der Waals surface area contributed by atoms with Crippen molar-refractivity contribution in [1.82, 2.24) is 4.31 Å². The summed E-state index contributed by atoms with van der Waals surface area (Å²) in [6, 6.07) is 5.26. The Morgan fingerprint density at radius 3 is 2.60 bits per heavy atom. The Kier molecular flexibility index (Phi) is 5.07. The van der Waals surface area contributed by atoms with Crippen LogP contribution in [0.15, 0.2) is 23.1 Å². The van der Waals surface area contributed by atoms with Gasteiger partial charge in [0.2, 0.25) is 10.0 Å². The first-order valence-corrected chi connectivity index (χ1v) is 8.66. The quantitative estimate of drug-likeness (QED) is 0.802. The van der Waals surface area contributed by atoms with Crippen LogP contribution in [0.5, 0.6) is 0 Å². The van der Waals surface area contributed by atoms with Crippen LogP contribution in [-0.2, 0) is 20.6 Å². The second kappa shape index (κ2) is 6.43. The molecule has 1 aromatic carbocycles. The lowest BCUT2D eigenvalue weighted by Gasteiger charge is -2.31. The van der Waals surface area contributed by atoms with E-state index in [4.69, 9.17) is 16.3 Å². The molecule has 20 heavy (non-hydrogen) atoms.